The molecule has 6 atom stereocenters. The number of allylic oxidation sites excluding steroid dienone is 1. The first-order valence-electron chi connectivity index (χ1n) is 9.28. The van der Waals surface area contributed by atoms with Crippen LogP contribution in [0.5, 0.6) is 0 Å². The molecule has 1 unspecified atom stereocenters. The zero-order valence-corrected chi connectivity index (χ0v) is 13.8. The van der Waals surface area contributed by atoms with Crippen LogP contribution in [0, 0.1) is 34.5 Å². The summed E-state index contributed by atoms with van der Waals surface area (Å²) in [5.74, 6) is 2.27. The summed E-state index contributed by atoms with van der Waals surface area (Å²) in [6.07, 6.45) is 10.5. The Hall–Kier alpha value is -0.570. The van der Waals surface area contributed by atoms with Crippen LogP contribution in [-0.4, -0.2) is 11.7 Å². The van der Waals surface area contributed by atoms with Gasteiger partial charge in [-0.2, -0.15) is 0 Å². The monoisotopic (exact) mass is 307 g/mol. The first-order chi connectivity index (χ1) is 10.5. The minimum Gasteiger partial charge on any atom is -0.399 e. The molecule has 0 aromatic rings. The van der Waals surface area contributed by atoms with Crippen molar-refractivity contribution in [2.75, 3.05) is 6.61 Å². The van der Waals surface area contributed by atoms with Crippen LogP contribution in [0.2, 0.25) is 0 Å². The van der Waals surface area contributed by atoms with Gasteiger partial charge in [0, 0.05) is 17.5 Å². The van der Waals surface area contributed by atoms with E-state index in [-0.39, 0.29) is 18.4 Å². The predicted molar refractivity (Wildman–Crippen MR) is 85.5 cm³/mol. The Morgan fingerprint density at radius 1 is 1.14 bits per heavy atom. The second-order valence-corrected chi connectivity index (χ2v) is 8.78. The average Bonchev–Trinajstić information content (AvgIpc) is 2.79. The lowest BCUT2D eigenvalue weighted by atomic mass is 9.45. The molecule has 0 radical (unpaired) electrons. The number of hydrogen-bond donors (Lipinski definition) is 2. The van der Waals surface area contributed by atoms with Crippen LogP contribution in [-0.2, 0) is 0 Å². The van der Waals surface area contributed by atoms with Gasteiger partial charge < -0.3 is 10.8 Å². The topological polar surface area (TPSA) is 46.2 Å². The van der Waals surface area contributed by atoms with Gasteiger partial charge in [-0.05, 0) is 67.6 Å². The van der Waals surface area contributed by atoms with E-state index in [1.807, 2.05) is 0 Å². The Morgan fingerprint density at radius 2 is 1.95 bits per heavy atom. The number of rotatable bonds is 1. The van der Waals surface area contributed by atoms with E-state index in [1.165, 1.54) is 38.5 Å². The highest BCUT2D eigenvalue weighted by Crippen LogP contribution is 2.66. The number of halogens is 1. The molecule has 3 fully saturated rings. The van der Waals surface area contributed by atoms with Gasteiger partial charge in [0.15, 0.2) is 0 Å². The van der Waals surface area contributed by atoms with Crippen LogP contribution in [0.3, 0.4) is 0 Å². The molecule has 0 spiro atoms. The molecule has 3 N–H and O–H groups in total. The Labute approximate surface area is 133 Å². The molecule has 0 aromatic carbocycles. The van der Waals surface area contributed by atoms with E-state index in [0.29, 0.717) is 23.5 Å². The third-order valence-electron chi connectivity index (χ3n) is 8.30. The quantitative estimate of drug-likeness (QED) is 0.764. The van der Waals surface area contributed by atoms with Crippen molar-refractivity contribution >= 4 is 0 Å². The molecule has 0 aliphatic heterocycles. The molecule has 22 heavy (non-hydrogen) atoms. The SMILES string of the molecule is C[C@]12CCCCC1CC[C@H]1[C@@H]3CC(F)=C(N)[C@@]3(CO)CC[C@@H]12. The Morgan fingerprint density at radius 3 is 2.73 bits per heavy atom. The largest absolute Gasteiger partial charge is 0.399 e. The third-order valence-corrected chi connectivity index (χ3v) is 8.30. The second kappa shape index (κ2) is 4.96. The normalized spacial score (nSPS) is 51.2. The lowest BCUT2D eigenvalue weighted by molar-refractivity contribution is -0.112. The van der Waals surface area contributed by atoms with Crippen molar-refractivity contribution in [3.8, 4) is 0 Å². The molecule has 0 amide bonds. The minimum atomic E-state index is -0.441. The fourth-order valence-electron chi connectivity index (χ4n) is 7.05. The van der Waals surface area contributed by atoms with Crippen molar-refractivity contribution < 1.29 is 9.50 Å². The van der Waals surface area contributed by atoms with E-state index in [1.54, 1.807) is 0 Å². The predicted octanol–water partition coefficient (Wildman–Crippen LogP) is 4.14. The van der Waals surface area contributed by atoms with Crippen LogP contribution in [0.4, 0.5) is 4.39 Å². The van der Waals surface area contributed by atoms with Gasteiger partial charge in [-0.15, -0.1) is 0 Å². The molecule has 0 heterocycles. The lowest BCUT2D eigenvalue weighted by Crippen LogP contribution is -2.54. The van der Waals surface area contributed by atoms with Gasteiger partial charge in [0.25, 0.3) is 0 Å². The fourth-order valence-corrected chi connectivity index (χ4v) is 7.05. The summed E-state index contributed by atoms with van der Waals surface area (Å²) in [5, 5.41) is 10.0. The number of fused-ring (bicyclic) bond motifs is 5. The van der Waals surface area contributed by atoms with Crippen molar-refractivity contribution in [2.45, 2.75) is 64.7 Å². The number of nitrogens with two attached hydrogens (primary N) is 1. The maximum absolute atomic E-state index is 14.3. The standard InChI is InChI=1S/C19H30FNO/c1-18-8-3-2-4-12(18)5-6-13-14(18)7-9-19(11-22)15(13)10-16(20)17(19)21/h12-15,22H,2-11,21H2,1H3/t12?,13-,14+,15+,18+,19-/m1/s1. The van der Waals surface area contributed by atoms with Gasteiger partial charge in [-0.3, -0.25) is 0 Å². The molecular formula is C19H30FNO. The second-order valence-electron chi connectivity index (χ2n) is 8.78. The molecule has 2 nitrogen and oxygen atoms in total. The summed E-state index contributed by atoms with van der Waals surface area (Å²) < 4.78 is 14.3. The number of hydrogen-bond acceptors (Lipinski definition) is 2. The average molecular weight is 307 g/mol. The van der Waals surface area contributed by atoms with Gasteiger partial charge in [0.05, 0.1) is 6.61 Å². The maximum Gasteiger partial charge on any atom is 0.120 e. The molecule has 0 saturated heterocycles. The van der Waals surface area contributed by atoms with E-state index in [9.17, 15) is 9.50 Å². The highest BCUT2D eigenvalue weighted by atomic mass is 19.1. The minimum absolute atomic E-state index is 0.0281. The smallest absolute Gasteiger partial charge is 0.120 e. The first kappa shape index (κ1) is 15.0. The molecule has 4 aliphatic carbocycles. The first-order valence-corrected chi connectivity index (χ1v) is 9.28. The fraction of sp³-hybridized carbons (Fsp3) is 0.895. The lowest BCUT2D eigenvalue weighted by Gasteiger charge is -2.60. The van der Waals surface area contributed by atoms with Gasteiger partial charge in [0.2, 0.25) is 0 Å². The molecule has 4 rings (SSSR count). The number of aliphatic hydroxyl groups is 1. The van der Waals surface area contributed by atoms with Crippen molar-refractivity contribution in [3.63, 3.8) is 0 Å². The van der Waals surface area contributed by atoms with E-state index >= 15 is 0 Å². The highest BCUT2D eigenvalue weighted by molar-refractivity contribution is 5.27. The van der Waals surface area contributed by atoms with E-state index < -0.39 is 5.41 Å². The maximum atomic E-state index is 14.3. The Kier molecular flexibility index (Phi) is 3.38. The van der Waals surface area contributed by atoms with Gasteiger partial charge >= 0.3 is 0 Å². The van der Waals surface area contributed by atoms with E-state index in [4.69, 9.17) is 5.73 Å². The summed E-state index contributed by atoms with van der Waals surface area (Å²) in [7, 11) is 0. The van der Waals surface area contributed by atoms with Crippen molar-refractivity contribution in [2.24, 2.45) is 40.2 Å². The van der Waals surface area contributed by atoms with Gasteiger partial charge in [0.1, 0.15) is 5.83 Å². The van der Waals surface area contributed by atoms with Crippen molar-refractivity contribution in [1.29, 1.82) is 0 Å². The highest BCUT2D eigenvalue weighted by Gasteiger charge is 2.60. The Balaban J connectivity index is 1.68. The zero-order valence-electron chi connectivity index (χ0n) is 13.8. The molecule has 3 saturated carbocycles. The summed E-state index contributed by atoms with van der Waals surface area (Å²) >= 11 is 0. The summed E-state index contributed by atoms with van der Waals surface area (Å²) in [5.41, 5.74) is 6.51. The van der Waals surface area contributed by atoms with Crippen molar-refractivity contribution in [3.05, 3.63) is 11.5 Å². The van der Waals surface area contributed by atoms with Crippen LogP contribution in [0.1, 0.15) is 64.7 Å². The molecule has 0 aromatic heterocycles. The Bertz CT molecular complexity index is 504. The summed E-state index contributed by atoms with van der Waals surface area (Å²) in [6, 6.07) is 0. The summed E-state index contributed by atoms with van der Waals surface area (Å²) in [6.45, 7) is 2.54. The molecule has 3 heteroatoms. The van der Waals surface area contributed by atoms with Crippen molar-refractivity contribution in [1.82, 2.24) is 0 Å². The van der Waals surface area contributed by atoms with Crippen LogP contribution >= 0.6 is 0 Å². The van der Waals surface area contributed by atoms with Gasteiger partial charge in [-0.25, -0.2) is 4.39 Å². The van der Waals surface area contributed by atoms with E-state index in [0.717, 1.165) is 24.7 Å². The van der Waals surface area contributed by atoms with Crippen LogP contribution < -0.4 is 5.73 Å². The van der Waals surface area contributed by atoms with E-state index in [2.05, 4.69) is 6.92 Å². The third kappa shape index (κ3) is 1.75. The van der Waals surface area contributed by atoms with Gasteiger partial charge in [-0.1, -0.05) is 19.8 Å². The molecule has 4 aliphatic rings. The zero-order chi connectivity index (χ0) is 15.5. The van der Waals surface area contributed by atoms with Crippen LogP contribution in [0.25, 0.3) is 0 Å². The number of aliphatic hydroxyl groups excluding tert-OH is 1. The molecular weight excluding hydrogens is 277 g/mol. The van der Waals surface area contributed by atoms with Crippen LogP contribution in [0.15, 0.2) is 11.5 Å². The summed E-state index contributed by atoms with van der Waals surface area (Å²) in [4.78, 5) is 0. The molecule has 124 valence electrons. The molecule has 0 bridgehead atoms.